The Bertz CT molecular complexity index is 1050. The number of carboxylic acids is 1. The molecule has 0 fully saturated rings. The highest BCUT2D eigenvalue weighted by molar-refractivity contribution is 6.31. The minimum Gasteiger partial charge on any atom is -0.494 e. The number of nitrogens with zero attached hydrogens (tertiary/aromatic N) is 1. The Morgan fingerprint density at radius 1 is 1.16 bits per heavy atom. The molecule has 2 N–H and O–H groups in total. The van der Waals surface area contributed by atoms with Crippen molar-refractivity contribution in [2.75, 3.05) is 11.9 Å². The molecule has 0 radical (unpaired) electrons. The number of hydrogen-bond donors (Lipinski definition) is 2. The fraction of sp³-hybridized carbons (Fsp3) is 0.261. The maximum atomic E-state index is 12.4. The predicted octanol–water partition coefficient (Wildman–Crippen LogP) is 5.94. The second-order valence-electron chi connectivity index (χ2n) is 6.99. The van der Waals surface area contributed by atoms with Gasteiger partial charge in [0.25, 0.3) is 0 Å². The number of rotatable bonds is 10. The predicted molar refractivity (Wildman–Crippen MR) is 119 cm³/mol. The summed E-state index contributed by atoms with van der Waals surface area (Å²) in [6, 6.07) is 14.3. The van der Waals surface area contributed by atoms with Crippen LogP contribution in [-0.2, 0) is 9.53 Å². The first-order valence-corrected chi connectivity index (χ1v) is 10.4. The lowest BCUT2D eigenvalue weighted by Gasteiger charge is -2.15. The maximum absolute atomic E-state index is 12.4. The van der Waals surface area contributed by atoms with Crippen LogP contribution in [0.5, 0.6) is 5.75 Å². The van der Waals surface area contributed by atoms with Crippen LogP contribution in [-0.4, -0.2) is 28.9 Å². The molecule has 1 heterocycles. The van der Waals surface area contributed by atoms with Crippen molar-refractivity contribution < 1.29 is 28.7 Å². The van der Waals surface area contributed by atoms with Gasteiger partial charge in [-0.25, -0.2) is 4.79 Å². The van der Waals surface area contributed by atoms with Gasteiger partial charge in [-0.3, -0.25) is 10.1 Å². The molecular formula is C23H23ClN2O6. The fourth-order valence-electron chi connectivity index (χ4n) is 2.98. The molecule has 1 amide bonds. The number of benzene rings is 2. The quantitative estimate of drug-likeness (QED) is 0.361. The zero-order chi connectivity index (χ0) is 22.9. The highest BCUT2D eigenvalue weighted by atomic mass is 35.5. The summed E-state index contributed by atoms with van der Waals surface area (Å²) in [6.07, 6.45) is 1.46. The summed E-state index contributed by atoms with van der Waals surface area (Å²) in [5.41, 5.74) is 2.23. The summed E-state index contributed by atoms with van der Waals surface area (Å²) in [7, 11) is 0. The van der Waals surface area contributed by atoms with Crippen molar-refractivity contribution in [3.05, 3.63) is 65.4 Å². The van der Waals surface area contributed by atoms with Crippen LogP contribution >= 0.6 is 11.6 Å². The number of aromatic nitrogens is 1. The van der Waals surface area contributed by atoms with E-state index in [0.717, 1.165) is 0 Å². The Morgan fingerprint density at radius 2 is 1.91 bits per heavy atom. The first-order chi connectivity index (χ1) is 15.4. The van der Waals surface area contributed by atoms with E-state index in [4.69, 9.17) is 30.7 Å². The molecule has 1 aromatic heterocycles. The van der Waals surface area contributed by atoms with Gasteiger partial charge < -0.3 is 19.1 Å². The number of halogens is 1. The van der Waals surface area contributed by atoms with Crippen LogP contribution in [0.1, 0.15) is 37.9 Å². The van der Waals surface area contributed by atoms with E-state index in [1.165, 1.54) is 6.26 Å². The van der Waals surface area contributed by atoms with Gasteiger partial charge in [-0.2, -0.15) is 0 Å². The van der Waals surface area contributed by atoms with Crippen molar-refractivity contribution in [1.29, 1.82) is 0 Å². The summed E-state index contributed by atoms with van der Waals surface area (Å²) in [4.78, 5) is 22.9. The van der Waals surface area contributed by atoms with Crippen molar-refractivity contribution in [2.45, 2.75) is 32.3 Å². The Hall–Kier alpha value is -3.52. The Kier molecular flexibility index (Phi) is 8.10. The van der Waals surface area contributed by atoms with Crippen LogP contribution in [0.2, 0.25) is 5.02 Å². The van der Waals surface area contributed by atoms with Crippen molar-refractivity contribution in [3.8, 4) is 17.0 Å². The summed E-state index contributed by atoms with van der Waals surface area (Å²) in [5, 5.41) is 15.8. The molecule has 9 heteroatoms. The molecule has 2 aromatic carbocycles. The van der Waals surface area contributed by atoms with Crippen LogP contribution in [0.4, 0.5) is 10.5 Å². The smallest absolute Gasteiger partial charge is 0.412 e. The number of carboxylic acid groups (broad SMARTS) is 1. The number of anilines is 1. The van der Waals surface area contributed by atoms with Crippen LogP contribution < -0.4 is 10.1 Å². The van der Waals surface area contributed by atoms with Crippen LogP contribution in [0, 0.1) is 0 Å². The molecule has 0 aliphatic heterocycles. The lowest BCUT2D eigenvalue weighted by atomic mass is 10.1. The summed E-state index contributed by atoms with van der Waals surface area (Å²) in [5.74, 6) is -0.163. The zero-order valence-corrected chi connectivity index (χ0v) is 18.2. The first kappa shape index (κ1) is 23.1. The first-order valence-electron chi connectivity index (χ1n) is 10.1. The van der Waals surface area contributed by atoms with Crippen LogP contribution in [0.15, 0.2) is 59.3 Å². The largest absolute Gasteiger partial charge is 0.494 e. The van der Waals surface area contributed by atoms with E-state index in [9.17, 15) is 9.59 Å². The third kappa shape index (κ3) is 6.49. The molecule has 0 spiro atoms. The molecule has 0 aliphatic rings. The second kappa shape index (κ2) is 11.2. The zero-order valence-electron chi connectivity index (χ0n) is 17.4. The minimum atomic E-state index is -0.811. The highest BCUT2D eigenvalue weighted by Gasteiger charge is 2.18. The van der Waals surface area contributed by atoms with Gasteiger partial charge in [0.1, 0.15) is 29.5 Å². The molecule has 168 valence electrons. The van der Waals surface area contributed by atoms with Gasteiger partial charge in [-0.15, -0.1) is 0 Å². The van der Waals surface area contributed by atoms with Gasteiger partial charge in [0.05, 0.1) is 6.61 Å². The van der Waals surface area contributed by atoms with Gasteiger partial charge in [0, 0.05) is 22.6 Å². The number of nitrogens with one attached hydrogen (secondary N) is 1. The number of ether oxygens (including phenoxy) is 2. The lowest BCUT2D eigenvalue weighted by Crippen LogP contribution is -2.16. The number of aliphatic carboxylic acids is 1. The second-order valence-corrected chi connectivity index (χ2v) is 7.40. The van der Waals surface area contributed by atoms with E-state index in [1.54, 1.807) is 49.4 Å². The maximum Gasteiger partial charge on any atom is 0.412 e. The average molecular weight is 459 g/mol. The van der Waals surface area contributed by atoms with Crippen LogP contribution in [0.3, 0.4) is 0 Å². The molecule has 0 bridgehead atoms. The summed E-state index contributed by atoms with van der Waals surface area (Å²) < 4.78 is 16.1. The van der Waals surface area contributed by atoms with E-state index in [2.05, 4.69) is 10.5 Å². The molecule has 1 atom stereocenters. The Balaban J connectivity index is 1.56. The molecular weight excluding hydrogens is 436 g/mol. The number of hydrogen-bond acceptors (Lipinski definition) is 6. The number of carbonyl (C=O) groups excluding carboxylic acids is 1. The molecule has 3 aromatic rings. The number of amides is 1. The van der Waals surface area contributed by atoms with Crippen LogP contribution in [0.25, 0.3) is 11.3 Å². The van der Waals surface area contributed by atoms with E-state index in [0.29, 0.717) is 52.7 Å². The third-order valence-corrected chi connectivity index (χ3v) is 4.96. The average Bonchev–Trinajstić information content (AvgIpc) is 3.21. The standard InChI is InChI=1S/C23H23ClN2O6/c1-15(18-6-2-3-7-19(18)24)32-23(29)25-20-14-31-26-22(20)16-9-11-17(12-10-16)30-13-5-4-8-21(27)28/h2-3,6-7,9-12,14-15H,4-5,8,13H2,1H3,(H,25,29)(H,27,28). The van der Waals surface area contributed by atoms with E-state index >= 15 is 0 Å². The Morgan fingerprint density at radius 3 is 2.62 bits per heavy atom. The summed E-state index contributed by atoms with van der Waals surface area (Å²) >= 11 is 6.15. The van der Waals surface area contributed by atoms with Gasteiger partial charge in [0.15, 0.2) is 0 Å². The van der Waals surface area contributed by atoms with Crippen molar-refractivity contribution in [3.63, 3.8) is 0 Å². The number of carbonyl (C=O) groups is 2. The van der Waals surface area contributed by atoms with Crippen molar-refractivity contribution in [2.24, 2.45) is 0 Å². The van der Waals surface area contributed by atoms with Gasteiger partial charge in [0.2, 0.25) is 0 Å². The normalized spacial score (nSPS) is 11.6. The summed E-state index contributed by atoms with van der Waals surface area (Å²) in [6.45, 7) is 2.16. The van der Waals surface area contributed by atoms with E-state index in [-0.39, 0.29) is 6.42 Å². The SMILES string of the molecule is CC(OC(=O)Nc1conc1-c1ccc(OCCCCC(=O)O)cc1)c1ccccc1Cl. The molecule has 3 rings (SSSR count). The number of unbranched alkanes of at least 4 members (excludes halogenated alkanes) is 1. The molecule has 32 heavy (non-hydrogen) atoms. The molecule has 8 nitrogen and oxygen atoms in total. The molecule has 1 unspecified atom stereocenters. The van der Waals surface area contributed by atoms with Gasteiger partial charge >= 0.3 is 12.1 Å². The fourth-order valence-corrected chi connectivity index (χ4v) is 3.27. The monoisotopic (exact) mass is 458 g/mol. The van der Waals surface area contributed by atoms with Crippen molar-refractivity contribution >= 4 is 29.4 Å². The molecule has 0 aliphatic carbocycles. The molecule has 0 saturated carbocycles. The van der Waals surface area contributed by atoms with Gasteiger partial charge in [-0.1, -0.05) is 35.0 Å². The van der Waals surface area contributed by atoms with Crippen molar-refractivity contribution in [1.82, 2.24) is 5.16 Å². The van der Waals surface area contributed by atoms with E-state index < -0.39 is 18.2 Å². The Labute approximate surface area is 190 Å². The highest BCUT2D eigenvalue weighted by Crippen LogP contribution is 2.29. The van der Waals surface area contributed by atoms with E-state index in [1.807, 2.05) is 6.07 Å². The lowest BCUT2D eigenvalue weighted by molar-refractivity contribution is -0.137. The minimum absolute atomic E-state index is 0.129. The van der Waals surface area contributed by atoms with Gasteiger partial charge in [-0.05, 0) is 50.1 Å². The third-order valence-electron chi connectivity index (χ3n) is 4.61. The topological polar surface area (TPSA) is 111 Å². The molecule has 0 saturated heterocycles.